The first-order valence-corrected chi connectivity index (χ1v) is 10.5. The van der Waals surface area contributed by atoms with Crippen LogP contribution in [0.3, 0.4) is 0 Å². The van der Waals surface area contributed by atoms with E-state index < -0.39 is 10.0 Å². The van der Waals surface area contributed by atoms with E-state index in [2.05, 4.69) is 15.5 Å². The van der Waals surface area contributed by atoms with E-state index in [0.29, 0.717) is 23.7 Å². The first kappa shape index (κ1) is 19.2. The number of nitrogens with one attached hydrogen (secondary N) is 1. The number of nitrogens with zero attached hydrogens (tertiary/aromatic N) is 2. The van der Waals surface area contributed by atoms with Gasteiger partial charge in [-0.25, -0.2) is 13.6 Å². The Hall–Kier alpha value is -2.56. The van der Waals surface area contributed by atoms with Crippen molar-refractivity contribution in [2.24, 2.45) is 5.14 Å². The summed E-state index contributed by atoms with van der Waals surface area (Å²) in [5, 5.41) is 13.8. The maximum Gasteiger partial charge on any atom is 0.238 e. The molecule has 2 aromatic heterocycles. The van der Waals surface area contributed by atoms with Crippen molar-refractivity contribution in [1.29, 1.82) is 0 Å². The second-order valence-corrected chi connectivity index (χ2v) is 8.40. The second-order valence-electron chi connectivity index (χ2n) is 5.90. The molecule has 27 heavy (non-hydrogen) atoms. The summed E-state index contributed by atoms with van der Waals surface area (Å²) < 4.78 is 28.1. The molecule has 142 valence electrons. The molecular weight excluding hydrogens is 388 g/mol. The van der Waals surface area contributed by atoms with Crippen molar-refractivity contribution in [1.82, 2.24) is 15.5 Å². The van der Waals surface area contributed by atoms with Gasteiger partial charge in [0.15, 0.2) is 0 Å². The number of benzene rings is 1. The first-order chi connectivity index (χ1) is 12.8. The zero-order chi connectivity index (χ0) is 19.4. The maximum atomic E-state index is 12.2. The number of aryl methyl sites for hydroxylation is 1. The molecular formula is C17H18N4O4S2. The number of carbonyl (C=O) groups is 1. The Bertz CT molecular complexity index is 1030. The Kier molecular flexibility index (Phi) is 5.68. The van der Waals surface area contributed by atoms with Gasteiger partial charge in [-0.2, -0.15) is 4.98 Å². The van der Waals surface area contributed by atoms with Gasteiger partial charge in [-0.05, 0) is 36.1 Å². The number of nitrogens with two attached hydrogens (primary N) is 1. The summed E-state index contributed by atoms with van der Waals surface area (Å²) in [6, 6.07) is 9.59. The van der Waals surface area contributed by atoms with Gasteiger partial charge in [-0.3, -0.25) is 4.79 Å². The third-order valence-corrected chi connectivity index (χ3v) is 5.62. The number of primary sulfonamides is 1. The van der Waals surface area contributed by atoms with Crippen LogP contribution in [0.5, 0.6) is 0 Å². The zero-order valence-electron chi connectivity index (χ0n) is 14.5. The van der Waals surface area contributed by atoms with Crippen LogP contribution in [-0.2, 0) is 21.2 Å². The van der Waals surface area contributed by atoms with Gasteiger partial charge in [0.25, 0.3) is 0 Å². The van der Waals surface area contributed by atoms with Gasteiger partial charge in [0.05, 0.1) is 15.8 Å². The SMILES string of the molecule is CC(NC(=O)CCc1nc(-c2cccs2)no1)c1cccc(S(N)(=O)=O)c1. The fourth-order valence-corrected chi connectivity index (χ4v) is 3.66. The highest BCUT2D eigenvalue weighted by atomic mass is 32.2. The standard InChI is InChI=1S/C17H18N4O4S2/c1-11(12-4-2-5-13(10-12)27(18,23)24)19-15(22)7-8-16-20-17(21-25-16)14-6-3-9-26-14/h2-6,9-11H,7-8H2,1H3,(H,19,22)(H2,18,23,24). The molecule has 0 radical (unpaired) electrons. The van der Waals surface area contributed by atoms with Crippen molar-refractivity contribution in [3.05, 3.63) is 53.2 Å². The lowest BCUT2D eigenvalue weighted by Gasteiger charge is -2.14. The fourth-order valence-electron chi connectivity index (χ4n) is 2.44. The van der Waals surface area contributed by atoms with Crippen LogP contribution in [0.1, 0.15) is 30.8 Å². The molecule has 0 bridgehead atoms. The normalized spacial score (nSPS) is 12.7. The minimum Gasteiger partial charge on any atom is -0.350 e. The van der Waals surface area contributed by atoms with E-state index in [1.807, 2.05) is 17.5 Å². The van der Waals surface area contributed by atoms with E-state index in [4.69, 9.17) is 9.66 Å². The van der Waals surface area contributed by atoms with Crippen molar-refractivity contribution in [3.8, 4) is 10.7 Å². The summed E-state index contributed by atoms with van der Waals surface area (Å²) in [6.45, 7) is 1.77. The molecule has 3 N–H and O–H groups in total. The number of thiophene rings is 1. The Morgan fingerprint density at radius 1 is 1.33 bits per heavy atom. The van der Waals surface area contributed by atoms with Gasteiger partial charge in [-0.1, -0.05) is 23.4 Å². The molecule has 10 heteroatoms. The minimum atomic E-state index is -3.79. The van der Waals surface area contributed by atoms with Crippen molar-refractivity contribution in [3.63, 3.8) is 0 Å². The first-order valence-electron chi connectivity index (χ1n) is 8.11. The van der Waals surface area contributed by atoms with Crippen molar-refractivity contribution in [2.75, 3.05) is 0 Å². The topological polar surface area (TPSA) is 128 Å². The van der Waals surface area contributed by atoms with Crippen molar-refractivity contribution < 1.29 is 17.7 Å². The molecule has 3 rings (SSSR count). The van der Waals surface area contributed by atoms with Gasteiger partial charge in [0.1, 0.15) is 0 Å². The number of carbonyl (C=O) groups excluding carboxylic acids is 1. The van der Waals surface area contributed by atoms with Crippen molar-refractivity contribution in [2.45, 2.75) is 30.7 Å². The third-order valence-electron chi connectivity index (χ3n) is 3.84. The van der Waals surface area contributed by atoms with Gasteiger partial charge >= 0.3 is 0 Å². The lowest BCUT2D eigenvalue weighted by Crippen LogP contribution is -2.27. The van der Waals surface area contributed by atoms with Crippen LogP contribution >= 0.6 is 11.3 Å². The minimum absolute atomic E-state index is 0.00747. The number of aromatic nitrogens is 2. The Morgan fingerprint density at radius 3 is 2.85 bits per heavy atom. The lowest BCUT2D eigenvalue weighted by molar-refractivity contribution is -0.121. The van der Waals surface area contributed by atoms with Crippen LogP contribution < -0.4 is 10.5 Å². The molecule has 1 aromatic carbocycles. The molecule has 0 aliphatic heterocycles. The summed E-state index contributed by atoms with van der Waals surface area (Å²) in [7, 11) is -3.79. The summed E-state index contributed by atoms with van der Waals surface area (Å²) in [6.07, 6.45) is 0.486. The highest BCUT2D eigenvalue weighted by molar-refractivity contribution is 7.89. The van der Waals surface area contributed by atoms with Gasteiger partial charge in [0.2, 0.25) is 27.6 Å². The van der Waals surface area contributed by atoms with Crippen LogP contribution in [0, 0.1) is 0 Å². The Morgan fingerprint density at radius 2 is 2.15 bits per heavy atom. The van der Waals surface area contributed by atoms with E-state index in [-0.39, 0.29) is 23.3 Å². The molecule has 0 saturated carbocycles. The molecule has 8 nitrogen and oxygen atoms in total. The Balaban J connectivity index is 1.56. The molecule has 0 fully saturated rings. The monoisotopic (exact) mass is 406 g/mol. The van der Waals surface area contributed by atoms with E-state index in [0.717, 1.165) is 4.88 Å². The average molecular weight is 406 g/mol. The zero-order valence-corrected chi connectivity index (χ0v) is 16.1. The van der Waals surface area contributed by atoms with Crippen LogP contribution in [0.2, 0.25) is 0 Å². The maximum absolute atomic E-state index is 12.2. The molecule has 1 unspecified atom stereocenters. The predicted octanol–water partition coefficient (Wildman–Crippen LogP) is 2.26. The molecule has 0 aliphatic carbocycles. The van der Waals surface area contributed by atoms with Crippen molar-refractivity contribution >= 4 is 27.3 Å². The van der Waals surface area contributed by atoms with E-state index in [1.165, 1.54) is 23.5 Å². The van der Waals surface area contributed by atoms with Gasteiger partial charge in [-0.15, -0.1) is 11.3 Å². The van der Waals surface area contributed by atoms with Gasteiger partial charge in [0, 0.05) is 12.8 Å². The van der Waals surface area contributed by atoms with Crippen LogP contribution in [0.4, 0.5) is 0 Å². The lowest BCUT2D eigenvalue weighted by atomic mass is 10.1. The third kappa shape index (κ3) is 5.00. The molecule has 2 heterocycles. The number of sulfonamides is 1. The highest BCUT2D eigenvalue weighted by Gasteiger charge is 2.15. The molecule has 0 spiro atoms. The number of rotatable bonds is 7. The highest BCUT2D eigenvalue weighted by Crippen LogP contribution is 2.21. The molecule has 0 saturated heterocycles. The molecule has 1 amide bonds. The summed E-state index contributed by atoms with van der Waals surface area (Å²) in [5.41, 5.74) is 0.646. The Labute approximate surface area is 160 Å². The summed E-state index contributed by atoms with van der Waals surface area (Å²) in [5.74, 6) is 0.686. The van der Waals surface area contributed by atoms with E-state index in [9.17, 15) is 13.2 Å². The average Bonchev–Trinajstić information content (AvgIpc) is 3.30. The number of amides is 1. The summed E-state index contributed by atoms with van der Waals surface area (Å²) in [4.78, 5) is 17.4. The largest absolute Gasteiger partial charge is 0.350 e. The van der Waals surface area contributed by atoms with Gasteiger partial charge < -0.3 is 9.84 Å². The number of hydrogen-bond acceptors (Lipinski definition) is 7. The molecule has 3 aromatic rings. The van der Waals surface area contributed by atoms with E-state index >= 15 is 0 Å². The van der Waals surface area contributed by atoms with E-state index in [1.54, 1.807) is 19.1 Å². The fraction of sp³-hybridized carbons (Fsp3) is 0.235. The summed E-state index contributed by atoms with van der Waals surface area (Å²) >= 11 is 1.51. The smallest absolute Gasteiger partial charge is 0.238 e. The second kappa shape index (κ2) is 7.99. The van der Waals surface area contributed by atoms with Crippen LogP contribution in [0.25, 0.3) is 10.7 Å². The quantitative estimate of drug-likeness (QED) is 0.619. The van der Waals surface area contributed by atoms with Crippen LogP contribution in [-0.4, -0.2) is 24.5 Å². The molecule has 0 aliphatic rings. The molecule has 1 atom stereocenters. The predicted molar refractivity (Wildman–Crippen MR) is 100 cm³/mol. The van der Waals surface area contributed by atoms with Crippen LogP contribution in [0.15, 0.2) is 51.2 Å². The number of hydrogen-bond donors (Lipinski definition) is 2.